The minimum Gasteiger partial charge on any atom is -0.368 e. The summed E-state index contributed by atoms with van der Waals surface area (Å²) in [5, 5.41) is 3.18. The highest BCUT2D eigenvalue weighted by atomic mass is 16.1. The number of amides is 1. The molecule has 1 aliphatic heterocycles. The number of hydrogen-bond acceptors (Lipinski definition) is 3. The van der Waals surface area contributed by atoms with Crippen molar-refractivity contribution >= 4 is 5.91 Å². The summed E-state index contributed by atoms with van der Waals surface area (Å²) in [6.07, 6.45) is 5.46. The summed E-state index contributed by atoms with van der Waals surface area (Å²) < 4.78 is 0. The van der Waals surface area contributed by atoms with Crippen LogP contribution in [0.15, 0.2) is 48.8 Å². The molecule has 4 nitrogen and oxygen atoms in total. The van der Waals surface area contributed by atoms with Crippen molar-refractivity contribution < 1.29 is 4.79 Å². The molecule has 2 aromatic rings. The van der Waals surface area contributed by atoms with Crippen molar-refractivity contribution in [3.8, 4) is 11.1 Å². The lowest BCUT2D eigenvalue weighted by Gasteiger charge is -2.09. The minimum atomic E-state index is -0.246. The first-order chi connectivity index (χ1) is 10.2. The van der Waals surface area contributed by atoms with Gasteiger partial charge in [0.2, 0.25) is 5.91 Å². The van der Waals surface area contributed by atoms with Crippen LogP contribution in [0.5, 0.6) is 0 Å². The summed E-state index contributed by atoms with van der Waals surface area (Å²) in [7, 11) is 0. The number of nitrogens with zero attached hydrogens (tertiary/aromatic N) is 1. The van der Waals surface area contributed by atoms with Crippen LogP contribution in [0.2, 0.25) is 0 Å². The zero-order chi connectivity index (χ0) is 14.7. The van der Waals surface area contributed by atoms with Crippen LogP contribution in [-0.2, 0) is 11.2 Å². The van der Waals surface area contributed by atoms with Crippen molar-refractivity contribution in [3.05, 3.63) is 54.4 Å². The summed E-state index contributed by atoms with van der Waals surface area (Å²) in [5.41, 5.74) is 8.92. The molecule has 3 N–H and O–H groups in total. The number of nitrogens with two attached hydrogens (primary N) is 1. The van der Waals surface area contributed by atoms with Crippen LogP contribution in [0, 0.1) is 5.92 Å². The second kappa shape index (κ2) is 6.06. The number of pyridine rings is 1. The maximum atomic E-state index is 11.2. The van der Waals surface area contributed by atoms with Gasteiger partial charge in [-0.15, -0.1) is 0 Å². The first-order valence-electron chi connectivity index (χ1n) is 7.24. The number of primary amides is 1. The van der Waals surface area contributed by atoms with Crippen LogP contribution in [0.25, 0.3) is 11.1 Å². The predicted molar refractivity (Wildman–Crippen MR) is 82.5 cm³/mol. The molecule has 21 heavy (non-hydrogen) atoms. The van der Waals surface area contributed by atoms with Crippen LogP contribution >= 0.6 is 0 Å². The van der Waals surface area contributed by atoms with E-state index in [0.717, 1.165) is 24.9 Å². The molecule has 0 aliphatic carbocycles. The normalized spacial score (nSPS) is 21.3. The van der Waals surface area contributed by atoms with E-state index in [0.29, 0.717) is 5.92 Å². The maximum Gasteiger partial charge on any atom is 0.234 e. The van der Waals surface area contributed by atoms with Crippen molar-refractivity contribution in [2.75, 3.05) is 6.54 Å². The Morgan fingerprint density at radius 1 is 1.24 bits per heavy atom. The molecule has 2 unspecified atom stereocenters. The van der Waals surface area contributed by atoms with Gasteiger partial charge >= 0.3 is 0 Å². The third-order valence-corrected chi connectivity index (χ3v) is 4.04. The summed E-state index contributed by atoms with van der Waals surface area (Å²) in [6.45, 7) is 0.859. The van der Waals surface area contributed by atoms with Gasteiger partial charge in [-0.3, -0.25) is 9.78 Å². The van der Waals surface area contributed by atoms with Crippen LogP contribution in [-0.4, -0.2) is 23.5 Å². The van der Waals surface area contributed by atoms with Gasteiger partial charge in [-0.1, -0.05) is 30.3 Å². The monoisotopic (exact) mass is 281 g/mol. The van der Waals surface area contributed by atoms with Gasteiger partial charge in [0.1, 0.15) is 0 Å². The minimum absolute atomic E-state index is 0.162. The molecule has 3 rings (SSSR count). The Balaban J connectivity index is 1.64. The highest BCUT2D eigenvalue weighted by molar-refractivity contribution is 5.80. The Kier molecular flexibility index (Phi) is 3.97. The Bertz CT molecular complexity index is 610. The molecule has 1 amide bonds. The van der Waals surface area contributed by atoms with Gasteiger partial charge in [-0.25, -0.2) is 0 Å². The van der Waals surface area contributed by atoms with Crippen LogP contribution in [0.3, 0.4) is 0 Å². The molecule has 0 radical (unpaired) electrons. The van der Waals surface area contributed by atoms with Crippen LogP contribution in [0.1, 0.15) is 12.0 Å². The van der Waals surface area contributed by atoms with Crippen molar-refractivity contribution in [3.63, 3.8) is 0 Å². The quantitative estimate of drug-likeness (QED) is 0.897. The van der Waals surface area contributed by atoms with Gasteiger partial charge in [0.05, 0.1) is 6.04 Å². The molecule has 0 saturated carbocycles. The van der Waals surface area contributed by atoms with E-state index in [2.05, 4.69) is 40.6 Å². The standard InChI is InChI=1S/C17H19N3O/c18-17(21)16-9-13(10-20-16)8-12-3-5-14(6-4-12)15-2-1-7-19-11-15/h1-7,11,13,16,20H,8-10H2,(H2,18,21). The van der Waals surface area contributed by atoms with Crippen molar-refractivity contribution in [1.29, 1.82) is 0 Å². The van der Waals surface area contributed by atoms with Gasteiger partial charge in [0.25, 0.3) is 0 Å². The average Bonchev–Trinajstić information content (AvgIpc) is 2.98. The highest BCUT2D eigenvalue weighted by Gasteiger charge is 2.27. The van der Waals surface area contributed by atoms with Gasteiger partial charge in [-0.05, 0) is 48.1 Å². The first-order valence-corrected chi connectivity index (χ1v) is 7.24. The summed E-state index contributed by atoms with van der Waals surface area (Å²) in [5.74, 6) is 0.233. The third-order valence-electron chi connectivity index (χ3n) is 4.04. The number of nitrogens with one attached hydrogen (secondary N) is 1. The fourth-order valence-electron chi connectivity index (χ4n) is 2.88. The Hall–Kier alpha value is -2.20. The molecule has 1 fully saturated rings. The average molecular weight is 281 g/mol. The lowest BCUT2D eigenvalue weighted by molar-refractivity contribution is -0.119. The third kappa shape index (κ3) is 3.28. The fourth-order valence-corrected chi connectivity index (χ4v) is 2.88. The zero-order valence-electron chi connectivity index (χ0n) is 11.8. The van der Waals surface area contributed by atoms with E-state index >= 15 is 0 Å². The molecule has 1 aromatic heterocycles. The van der Waals surface area contributed by atoms with Crippen LogP contribution in [0.4, 0.5) is 0 Å². The lowest BCUT2D eigenvalue weighted by atomic mass is 9.95. The predicted octanol–water partition coefficient (Wildman–Crippen LogP) is 1.75. The molecule has 0 bridgehead atoms. The van der Waals surface area contributed by atoms with E-state index in [9.17, 15) is 4.79 Å². The number of aromatic nitrogens is 1. The van der Waals surface area contributed by atoms with E-state index in [1.54, 1.807) is 6.20 Å². The topological polar surface area (TPSA) is 68.0 Å². The second-order valence-electron chi connectivity index (χ2n) is 5.61. The number of carbonyl (C=O) groups is 1. The van der Waals surface area contributed by atoms with E-state index in [1.165, 1.54) is 11.1 Å². The number of benzene rings is 1. The molecule has 2 heterocycles. The van der Waals surface area contributed by atoms with Crippen molar-refractivity contribution in [2.45, 2.75) is 18.9 Å². The lowest BCUT2D eigenvalue weighted by Crippen LogP contribution is -2.36. The number of rotatable bonds is 4. The Morgan fingerprint density at radius 3 is 2.67 bits per heavy atom. The largest absolute Gasteiger partial charge is 0.368 e. The summed E-state index contributed by atoms with van der Waals surface area (Å²) >= 11 is 0. The highest BCUT2D eigenvalue weighted by Crippen LogP contribution is 2.22. The second-order valence-corrected chi connectivity index (χ2v) is 5.61. The summed E-state index contributed by atoms with van der Waals surface area (Å²) in [6, 6.07) is 12.4. The van der Waals surface area contributed by atoms with E-state index in [-0.39, 0.29) is 11.9 Å². The summed E-state index contributed by atoms with van der Waals surface area (Å²) in [4.78, 5) is 15.3. The van der Waals surface area contributed by atoms with E-state index in [4.69, 9.17) is 5.73 Å². The molecule has 1 saturated heterocycles. The zero-order valence-corrected chi connectivity index (χ0v) is 11.8. The molecular formula is C17H19N3O. The van der Waals surface area contributed by atoms with E-state index < -0.39 is 0 Å². The molecule has 1 aliphatic rings. The van der Waals surface area contributed by atoms with Crippen molar-refractivity contribution in [2.24, 2.45) is 11.7 Å². The Labute approximate surface area is 124 Å². The van der Waals surface area contributed by atoms with Crippen LogP contribution < -0.4 is 11.1 Å². The molecule has 108 valence electrons. The smallest absolute Gasteiger partial charge is 0.234 e. The number of hydrogen-bond donors (Lipinski definition) is 2. The molecule has 2 atom stereocenters. The SMILES string of the molecule is NC(=O)C1CC(Cc2ccc(-c3cccnc3)cc2)CN1. The molecule has 1 aromatic carbocycles. The van der Waals surface area contributed by atoms with Gasteiger partial charge in [-0.2, -0.15) is 0 Å². The molecular weight excluding hydrogens is 262 g/mol. The fraction of sp³-hybridized carbons (Fsp3) is 0.294. The van der Waals surface area contributed by atoms with Gasteiger partial charge in [0, 0.05) is 12.4 Å². The van der Waals surface area contributed by atoms with E-state index in [1.807, 2.05) is 12.3 Å². The van der Waals surface area contributed by atoms with Gasteiger partial charge in [0.15, 0.2) is 0 Å². The molecule has 4 heteroatoms. The molecule has 0 spiro atoms. The first kappa shape index (κ1) is 13.8. The van der Waals surface area contributed by atoms with Crippen molar-refractivity contribution in [1.82, 2.24) is 10.3 Å². The Morgan fingerprint density at radius 2 is 2.05 bits per heavy atom. The van der Waals surface area contributed by atoms with Gasteiger partial charge < -0.3 is 11.1 Å². The number of carbonyl (C=O) groups excluding carboxylic acids is 1. The maximum absolute atomic E-state index is 11.2.